The summed E-state index contributed by atoms with van der Waals surface area (Å²) in [6.07, 6.45) is 5.50. The molecule has 1 aromatic carbocycles. The number of hydrogen-bond donors (Lipinski definition) is 2. The molecule has 0 spiro atoms. The van der Waals surface area contributed by atoms with Gasteiger partial charge < -0.3 is 24.8 Å². The second-order valence-corrected chi connectivity index (χ2v) is 7.79. The Kier molecular flexibility index (Phi) is 7.75. The summed E-state index contributed by atoms with van der Waals surface area (Å²) in [7, 11) is 3.23. The molecule has 0 radical (unpaired) electrons. The molecule has 1 saturated heterocycles. The van der Waals surface area contributed by atoms with Gasteiger partial charge in [0.25, 0.3) is 0 Å². The molecule has 160 valence electrons. The predicted molar refractivity (Wildman–Crippen MR) is 109 cm³/mol. The number of carbonyl (C=O) groups excluding carboxylic acids is 2. The number of amides is 2. The van der Waals surface area contributed by atoms with E-state index in [1.807, 2.05) is 18.2 Å². The minimum absolute atomic E-state index is 0.00493. The summed E-state index contributed by atoms with van der Waals surface area (Å²) in [4.78, 5) is 24.6. The van der Waals surface area contributed by atoms with Gasteiger partial charge in [-0.15, -0.1) is 0 Å². The maximum absolute atomic E-state index is 12.5. The van der Waals surface area contributed by atoms with E-state index in [4.69, 9.17) is 14.2 Å². The molecule has 1 aliphatic heterocycles. The Bertz CT molecular complexity index is 694. The molecule has 7 nitrogen and oxygen atoms in total. The van der Waals surface area contributed by atoms with Crippen LogP contribution in [0.2, 0.25) is 0 Å². The molecule has 0 bridgehead atoms. The van der Waals surface area contributed by atoms with Gasteiger partial charge in [-0.3, -0.25) is 9.59 Å². The van der Waals surface area contributed by atoms with Crippen LogP contribution in [0.5, 0.6) is 11.5 Å². The van der Waals surface area contributed by atoms with E-state index in [2.05, 4.69) is 10.6 Å². The van der Waals surface area contributed by atoms with Crippen LogP contribution in [-0.2, 0) is 20.7 Å². The van der Waals surface area contributed by atoms with Gasteiger partial charge in [0.05, 0.1) is 14.2 Å². The number of methoxy groups -OCH3 is 2. The minimum atomic E-state index is -0.285. The van der Waals surface area contributed by atoms with Gasteiger partial charge in [-0.05, 0) is 62.6 Å². The van der Waals surface area contributed by atoms with Crippen molar-refractivity contribution in [3.8, 4) is 11.5 Å². The van der Waals surface area contributed by atoms with Crippen LogP contribution in [0.4, 0.5) is 0 Å². The summed E-state index contributed by atoms with van der Waals surface area (Å²) >= 11 is 0. The fraction of sp³-hybridized carbons (Fsp3) is 0.636. The van der Waals surface area contributed by atoms with Crippen molar-refractivity contribution in [2.75, 3.05) is 27.4 Å². The maximum Gasteiger partial charge on any atom is 0.249 e. The molecule has 2 amide bonds. The summed E-state index contributed by atoms with van der Waals surface area (Å²) in [5.41, 5.74) is 1.09. The van der Waals surface area contributed by atoms with E-state index >= 15 is 0 Å². The molecule has 2 N–H and O–H groups in total. The molecule has 2 aliphatic rings. The standard InChI is InChI=1S/C22H32N2O5/c1-27-18-10-5-15(14-20(18)28-2)11-12-23-21(25)16-6-8-17(9-7-16)24-22(26)19-4-3-13-29-19/h5,10,14,16-17,19H,3-4,6-9,11-13H2,1-2H3,(H,23,25)(H,24,26). The number of ether oxygens (including phenoxy) is 3. The van der Waals surface area contributed by atoms with Gasteiger partial charge in [-0.25, -0.2) is 0 Å². The van der Waals surface area contributed by atoms with E-state index in [9.17, 15) is 9.59 Å². The smallest absolute Gasteiger partial charge is 0.249 e. The molecule has 1 atom stereocenters. The summed E-state index contributed by atoms with van der Waals surface area (Å²) in [5, 5.41) is 6.14. The van der Waals surface area contributed by atoms with Gasteiger partial charge in [-0.2, -0.15) is 0 Å². The van der Waals surface area contributed by atoms with Crippen molar-refractivity contribution < 1.29 is 23.8 Å². The highest BCUT2D eigenvalue weighted by atomic mass is 16.5. The SMILES string of the molecule is COc1ccc(CCNC(=O)C2CCC(NC(=O)C3CCCO3)CC2)cc1OC. The van der Waals surface area contributed by atoms with Crippen molar-refractivity contribution in [2.45, 2.75) is 57.1 Å². The van der Waals surface area contributed by atoms with Gasteiger partial charge in [0.15, 0.2) is 11.5 Å². The molecule has 7 heteroatoms. The Morgan fingerprint density at radius 1 is 1.03 bits per heavy atom. The molecular formula is C22H32N2O5. The van der Waals surface area contributed by atoms with Gasteiger partial charge in [0.1, 0.15) is 6.10 Å². The number of benzene rings is 1. The van der Waals surface area contributed by atoms with Crippen molar-refractivity contribution in [3.05, 3.63) is 23.8 Å². The average molecular weight is 405 g/mol. The topological polar surface area (TPSA) is 85.9 Å². The van der Waals surface area contributed by atoms with Crippen LogP contribution >= 0.6 is 0 Å². The molecule has 2 fully saturated rings. The lowest BCUT2D eigenvalue weighted by Gasteiger charge is -2.29. The van der Waals surface area contributed by atoms with Crippen LogP contribution < -0.4 is 20.1 Å². The van der Waals surface area contributed by atoms with Crippen molar-refractivity contribution in [2.24, 2.45) is 5.92 Å². The quantitative estimate of drug-likeness (QED) is 0.694. The highest BCUT2D eigenvalue weighted by molar-refractivity contribution is 5.81. The number of hydrogen-bond acceptors (Lipinski definition) is 5. The number of rotatable bonds is 8. The zero-order valence-electron chi connectivity index (χ0n) is 17.4. The third kappa shape index (κ3) is 5.85. The van der Waals surface area contributed by atoms with Gasteiger partial charge in [-0.1, -0.05) is 6.07 Å². The number of carbonyl (C=O) groups is 2. The second-order valence-electron chi connectivity index (χ2n) is 7.79. The summed E-state index contributed by atoms with van der Waals surface area (Å²) in [6, 6.07) is 5.95. The highest BCUT2D eigenvalue weighted by Crippen LogP contribution is 2.28. The summed E-state index contributed by atoms with van der Waals surface area (Å²) < 4.78 is 16.0. The van der Waals surface area contributed by atoms with Crippen molar-refractivity contribution in [3.63, 3.8) is 0 Å². The minimum Gasteiger partial charge on any atom is -0.493 e. The maximum atomic E-state index is 12.5. The molecular weight excluding hydrogens is 372 g/mol. The normalized spacial score (nSPS) is 24.0. The van der Waals surface area contributed by atoms with Crippen LogP contribution in [-0.4, -0.2) is 51.3 Å². The second kappa shape index (κ2) is 10.5. The van der Waals surface area contributed by atoms with Crippen LogP contribution in [0.25, 0.3) is 0 Å². The zero-order valence-corrected chi connectivity index (χ0v) is 17.4. The van der Waals surface area contributed by atoms with Crippen molar-refractivity contribution >= 4 is 11.8 Å². The average Bonchev–Trinajstić information content (AvgIpc) is 3.29. The Hall–Kier alpha value is -2.28. The molecule has 1 saturated carbocycles. The van der Waals surface area contributed by atoms with E-state index in [-0.39, 0.29) is 29.9 Å². The predicted octanol–water partition coefficient (Wildman–Crippen LogP) is 2.22. The molecule has 1 aliphatic carbocycles. The first kappa shape index (κ1) is 21.4. The summed E-state index contributed by atoms with van der Waals surface area (Å²) in [6.45, 7) is 1.26. The Morgan fingerprint density at radius 3 is 2.45 bits per heavy atom. The first-order chi connectivity index (χ1) is 14.1. The van der Waals surface area contributed by atoms with Gasteiger partial charge in [0.2, 0.25) is 11.8 Å². The lowest BCUT2D eigenvalue weighted by atomic mass is 9.85. The largest absolute Gasteiger partial charge is 0.493 e. The molecule has 1 heterocycles. The lowest BCUT2D eigenvalue weighted by Crippen LogP contribution is -2.44. The van der Waals surface area contributed by atoms with E-state index in [0.29, 0.717) is 24.7 Å². The van der Waals surface area contributed by atoms with Gasteiger partial charge in [0, 0.05) is 25.1 Å². The van der Waals surface area contributed by atoms with E-state index in [0.717, 1.165) is 50.5 Å². The van der Waals surface area contributed by atoms with Crippen molar-refractivity contribution in [1.82, 2.24) is 10.6 Å². The fourth-order valence-electron chi connectivity index (χ4n) is 4.09. The first-order valence-corrected chi connectivity index (χ1v) is 10.5. The van der Waals surface area contributed by atoms with Crippen LogP contribution in [0.3, 0.4) is 0 Å². The monoisotopic (exact) mass is 404 g/mol. The Balaban J connectivity index is 1.37. The first-order valence-electron chi connectivity index (χ1n) is 10.5. The Labute approximate surface area is 172 Å². The Morgan fingerprint density at radius 2 is 1.79 bits per heavy atom. The number of nitrogens with one attached hydrogen (secondary N) is 2. The van der Waals surface area contributed by atoms with Crippen molar-refractivity contribution in [1.29, 1.82) is 0 Å². The summed E-state index contributed by atoms with van der Waals surface area (Å²) in [5.74, 6) is 1.53. The molecule has 0 aromatic heterocycles. The fourth-order valence-corrected chi connectivity index (χ4v) is 4.09. The van der Waals surface area contributed by atoms with E-state index in [1.165, 1.54) is 0 Å². The zero-order chi connectivity index (χ0) is 20.6. The third-order valence-electron chi connectivity index (χ3n) is 5.83. The molecule has 29 heavy (non-hydrogen) atoms. The van der Waals surface area contributed by atoms with E-state index < -0.39 is 0 Å². The van der Waals surface area contributed by atoms with Crippen LogP contribution in [0, 0.1) is 5.92 Å². The van der Waals surface area contributed by atoms with Gasteiger partial charge >= 0.3 is 0 Å². The molecule has 1 unspecified atom stereocenters. The van der Waals surface area contributed by atoms with E-state index in [1.54, 1.807) is 14.2 Å². The third-order valence-corrected chi connectivity index (χ3v) is 5.83. The van der Waals surface area contributed by atoms with Crippen LogP contribution in [0.15, 0.2) is 18.2 Å². The van der Waals surface area contributed by atoms with Crippen LogP contribution in [0.1, 0.15) is 44.1 Å². The highest BCUT2D eigenvalue weighted by Gasteiger charge is 2.30. The molecule has 1 aromatic rings. The molecule has 3 rings (SSSR count). The lowest BCUT2D eigenvalue weighted by molar-refractivity contribution is -0.131.